The molecule has 1 aliphatic carbocycles. The van der Waals surface area contributed by atoms with Gasteiger partial charge < -0.3 is 10.0 Å². The highest BCUT2D eigenvalue weighted by atomic mass is 16.4. The summed E-state index contributed by atoms with van der Waals surface area (Å²) in [5.74, 6) is -0.137. The fourth-order valence-electron chi connectivity index (χ4n) is 3.45. The third-order valence-electron chi connectivity index (χ3n) is 4.34. The smallest absolute Gasteiger partial charge is 0.308 e. The van der Waals surface area contributed by atoms with Gasteiger partial charge in [-0.25, -0.2) is 0 Å². The standard InChI is InChI=1S/C14H19NO2/c16-14(17)11-8-13-12-6-2-1-4-10(12)5-3-7-15(13)9-11/h2,6,10-11H,1,3-5,7-9H2,(H,16,17). The van der Waals surface area contributed by atoms with Crippen LogP contribution in [0.1, 0.15) is 32.1 Å². The van der Waals surface area contributed by atoms with Crippen LogP contribution in [0.25, 0.3) is 0 Å². The van der Waals surface area contributed by atoms with Crippen LogP contribution in [0, 0.1) is 11.8 Å². The lowest BCUT2D eigenvalue weighted by atomic mass is 9.84. The number of nitrogens with zero attached hydrogens (tertiary/aromatic N) is 1. The van der Waals surface area contributed by atoms with E-state index in [-0.39, 0.29) is 5.92 Å². The van der Waals surface area contributed by atoms with Gasteiger partial charge in [-0.15, -0.1) is 0 Å². The van der Waals surface area contributed by atoms with Gasteiger partial charge in [-0.1, -0.05) is 12.2 Å². The monoisotopic (exact) mass is 233 g/mol. The Morgan fingerprint density at radius 3 is 3.12 bits per heavy atom. The fraction of sp³-hybridized carbons (Fsp3) is 0.643. The summed E-state index contributed by atoms with van der Waals surface area (Å²) in [7, 11) is 0. The third-order valence-corrected chi connectivity index (χ3v) is 4.34. The van der Waals surface area contributed by atoms with Crippen molar-refractivity contribution in [3.05, 3.63) is 23.4 Å². The lowest BCUT2D eigenvalue weighted by molar-refractivity contribution is -0.141. The molecular formula is C14H19NO2. The second kappa shape index (κ2) is 4.21. The van der Waals surface area contributed by atoms with Gasteiger partial charge in [0.1, 0.15) is 0 Å². The number of allylic oxidation sites excluding steroid dienone is 4. The molecule has 2 atom stereocenters. The quantitative estimate of drug-likeness (QED) is 0.756. The van der Waals surface area contributed by atoms with Gasteiger partial charge in [-0.05, 0) is 37.2 Å². The fourth-order valence-corrected chi connectivity index (χ4v) is 3.45. The molecule has 0 radical (unpaired) electrons. The summed E-state index contributed by atoms with van der Waals surface area (Å²) in [5, 5.41) is 9.16. The molecule has 17 heavy (non-hydrogen) atoms. The highest BCUT2D eigenvalue weighted by Gasteiger charge is 2.35. The highest BCUT2D eigenvalue weighted by Crippen LogP contribution is 2.39. The molecule has 0 aromatic rings. The van der Waals surface area contributed by atoms with Crippen molar-refractivity contribution < 1.29 is 9.90 Å². The molecule has 92 valence electrons. The van der Waals surface area contributed by atoms with E-state index >= 15 is 0 Å². The zero-order valence-electron chi connectivity index (χ0n) is 10.1. The van der Waals surface area contributed by atoms with E-state index in [2.05, 4.69) is 17.1 Å². The average molecular weight is 233 g/mol. The Labute approximate surface area is 102 Å². The molecule has 1 fully saturated rings. The minimum absolute atomic E-state index is 0.188. The van der Waals surface area contributed by atoms with Gasteiger partial charge in [0, 0.05) is 25.2 Å². The van der Waals surface area contributed by atoms with Crippen molar-refractivity contribution in [3.8, 4) is 0 Å². The van der Waals surface area contributed by atoms with Crippen LogP contribution in [-0.4, -0.2) is 29.1 Å². The van der Waals surface area contributed by atoms with E-state index in [1.54, 1.807) is 0 Å². The molecule has 2 aliphatic heterocycles. The first-order valence-corrected chi connectivity index (χ1v) is 6.63. The first-order chi connectivity index (χ1) is 8.25. The number of hydrogen-bond donors (Lipinski definition) is 1. The molecule has 2 heterocycles. The first kappa shape index (κ1) is 10.9. The summed E-state index contributed by atoms with van der Waals surface area (Å²) in [5.41, 5.74) is 2.77. The van der Waals surface area contributed by atoms with Gasteiger partial charge >= 0.3 is 5.97 Å². The van der Waals surface area contributed by atoms with Gasteiger partial charge in [0.2, 0.25) is 0 Å². The minimum Gasteiger partial charge on any atom is -0.481 e. The van der Waals surface area contributed by atoms with E-state index in [1.165, 1.54) is 37.0 Å². The molecular weight excluding hydrogens is 214 g/mol. The number of hydrogen-bond acceptors (Lipinski definition) is 2. The van der Waals surface area contributed by atoms with Crippen molar-refractivity contribution in [2.24, 2.45) is 11.8 Å². The first-order valence-electron chi connectivity index (χ1n) is 6.63. The second-order valence-electron chi connectivity index (χ2n) is 5.41. The van der Waals surface area contributed by atoms with Crippen LogP contribution in [0.3, 0.4) is 0 Å². The van der Waals surface area contributed by atoms with E-state index < -0.39 is 5.97 Å². The Balaban J connectivity index is 1.95. The number of carboxylic acids is 1. The summed E-state index contributed by atoms with van der Waals surface area (Å²) in [6, 6.07) is 0. The van der Waals surface area contributed by atoms with Crippen LogP contribution in [0.2, 0.25) is 0 Å². The highest BCUT2D eigenvalue weighted by molar-refractivity contribution is 5.71. The summed E-state index contributed by atoms with van der Waals surface area (Å²) in [6.07, 6.45) is 10.2. The van der Waals surface area contributed by atoms with Gasteiger partial charge in [-0.3, -0.25) is 4.79 Å². The molecule has 1 N–H and O–H groups in total. The average Bonchev–Trinajstić information content (AvgIpc) is 2.67. The lowest BCUT2D eigenvalue weighted by Gasteiger charge is -2.23. The Bertz CT molecular complexity index is 397. The van der Waals surface area contributed by atoms with E-state index in [0.29, 0.717) is 12.5 Å². The SMILES string of the molecule is O=C(O)C1CC2=C3C=CCCC3CCCN2C1. The topological polar surface area (TPSA) is 40.5 Å². The van der Waals surface area contributed by atoms with Crippen LogP contribution in [-0.2, 0) is 4.79 Å². The molecule has 0 aromatic heterocycles. The summed E-state index contributed by atoms with van der Waals surface area (Å²) >= 11 is 0. The number of carboxylic acid groups (broad SMARTS) is 1. The molecule has 3 nitrogen and oxygen atoms in total. The van der Waals surface area contributed by atoms with Crippen molar-refractivity contribution in [3.63, 3.8) is 0 Å². The maximum absolute atomic E-state index is 11.1. The molecule has 0 aromatic carbocycles. The summed E-state index contributed by atoms with van der Waals surface area (Å²) < 4.78 is 0. The Kier molecular flexibility index (Phi) is 2.69. The molecule has 0 saturated carbocycles. The van der Waals surface area contributed by atoms with E-state index in [9.17, 15) is 4.79 Å². The third kappa shape index (κ3) is 1.88. The second-order valence-corrected chi connectivity index (χ2v) is 5.41. The van der Waals surface area contributed by atoms with Crippen LogP contribution in [0.4, 0.5) is 0 Å². The molecule has 2 unspecified atom stereocenters. The number of aliphatic carboxylic acids is 1. The Morgan fingerprint density at radius 2 is 2.29 bits per heavy atom. The van der Waals surface area contributed by atoms with Gasteiger partial charge in [-0.2, -0.15) is 0 Å². The molecule has 0 bridgehead atoms. The number of fused-ring (bicyclic) bond motifs is 2. The number of rotatable bonds is 1. The molecule has 3 aliphatic rings. The Hall–Kier alpha value is -1.25. The normalized spacial score (nSPS) is 32.1. The predicted molar refractivity (Wildman–Crippen MR) is 65.4 cm³/mol. The predicted octanol–water partition coefficient (Wildman–Crippen LogP) is 2.41. The van der Waals surface area contributed by atoms with Crippen molar-refractivity contribution in [2.45, 2.75) is 32.1 Å². The van der Waals surface area contributed by atoms with Crippen molar-refractivity contribution in [1.82, 2.24) is 4.90 Å². The van der Waals surface area contributed by atoms with Crippen molar-refractivity contribution >= 4 is 5.97 Å². The Morgan fingerprint density at radius 1 is 1.41 bits per heavy atom. The molecule has 0 spiro atoms. The van der Waals surface area contributed by atoms with E-state index in [0.717, 1.165) is 13.0 Å². The van der Waals surface area contributed by atoms with Crippen LogP contribution in [0.15, 0.2) is 23.4 Å². The molecule has 0 amide bonds. The van der Waals surface area contributed by atoms with Gasteiger partial charge in [0.25, 0.3) is 0 Å². The molecule has 3 rings (SSSR count). The minimum atomic E-state index is -0.637. The maximum Gasteiger partial charge on any atom is 0.308 e. The van der Waals surface area contributed by atoms with Gasteiger partial charge in [0.05, 0.1) is 5.92 Å². The van der Waals surface area contributed by atoms with Crippen LogP contribution >= 0.6 is 0 Å². The zero-order chi connectivity index (χ0) is 11.8. The lowest BCUT2D eigenvalue weighted by Crippen LogP contribution is -2.23. The van der Waals surface area contributed by atoms with E-state index in [4.69, 9.17) is 5.11 Å². The summed E-state index contributed by atoms with van der Waals surface area (Å²) in [4.78, 5) is 13.4. The van der Waals surface area contributed by atoms with Crippen LogP contribution < -0.4 is 0 Å². The van der Waals surface area contributed by atoms with E-state index in [1.807, 2.05) is 0 Å². The summed E-state index contributed by atoms with van der Waals surface area (Å²) in [6.45, 7) is 1.77. The largest absolute Gasteiger partial charge is 0.481 e. The van der Waals surface area contributed by atoms with Crippen LogP contribution in [0.5, 0.6) is 0 Å². The zero-order valence-corrected chi connectivity index (χ0v) is 10.1. The van der Waals surface area contributed by atoms with Crippen molar-refractivity contribution in [2.75, 3.05) is 13.1 Å². The van der Waals surface area contributed by atoms with Crippen molar-refractivity contribution in [1.29, 1.82) is 0 Å². The van der Waals surface area contributed by atoms with Gasteiger partial charge in [0.15, 0.2) is 0 Å². The molecule has 3 heteroatoms. The molecule has 1 saturated heterocycles. The number of carbonyl (C=O) groups is 1. The maximum atomic E-state index is 11.1.